The molecular weight excluding hydrogens is 267 g/mol. The molecule has 6 heteroatoms. The molecule has 1 atom stereocenters. The first kappa shape index (κ1) is 14.0. The van der Waals surface area contributed by atoms with Gasteiger partial charge >= 0.3 is 0 Å². The number of likely N-dealkylation sites (N-methyl/N-ethyl adjacent to an activating group) is 1. The minimum Gasteiger partial charge on any atom is -0.310 e. The van der Waals surface area contributed by atoms with E-state index in [1.165, 1.54) is 0 Å². The Labute approximate surface area is 116 Å². The van der Waals surface area contributed by atoms with Crippen LogP contribution in [-0.2, 0) is 13.5 Å². The van der Waals surface area contributed by atoms with Crippen molar-refractivity contribution in [1.82, 2.24) is 20.3 Å². The molecule has 102 valence electrons. The predicted octanol–water partition coefficient (Wildman–Crippen LogP) is 2.50. The van der Waals surface area contributed by atoms with Crippen LogP contribution in [0.1, 0.15) is 24.2 Å². The molecule has 1 aromatic carbocycles. The second-order valence-electron chi connectivity index (χ2n) is 4.34. The third-order valence-electron chi connectivity index (χ3n) is 2.87. The van der Waals surface area contributed by atoms with Gasteiger partial charge < -0.3 is 5.32 Å². The van der Waals surface area contributed by atoms with Crippen LogP contribution in [0.5, 0.6) is 0 Å². The molecule has 1 unspecified atom stereocenters. The zero-order valence-corrected chi connectivity index (χ0v) is 11.7. The highest BCUT2D eigenvalue weighted by molar-refractivity contribution is 6.30. The Morgan fingerprint density at radius 2 is 2.26 bits per heavy atom. The minimum absolute atomic E-state index is 0.138. The lowest BCUT2D eigenvalue weighted by Gasteiger charge is -2.18. The fourth-order valence-electron chi connectivity index (χ4n) is 2.03. The van der Waals surface area contributed by atoms with Crippen molar-refractivity contribution in [3.63, 3.8) is 0 Å². The summed E-state index contributed by atoms with van der Waals surface area (Å²) < 4.78 is 15.7. The monoisotopic (exact) mass is 282 g/mol. The van der Waals surface area contributed by atoms with Gasteiger partial charge in [0.2, 0.25) is 0 Å². The smallest absolute Gasteiger partial charge is 0.146 e. The highest BCUT2D eigenvalue weighted by atomic mass is 35.5. The summed E-state index contributed by atoms with van der Waals surface area (Å²) >= 11 is 5.83. The Morgan fingerprint density at radius 3 is 2.89 bits per heavy atom. The van der Waals surface area contributed by atoms with Gasteiger partial charge in [-0.3, -0.25) is 4.68 Å². The molecule has 0 amide bonds. The molecule has 1 aromatic heterocycles. The number of benzene rings is 1. The molecule has 0 spiro atoms. The molecule has 0 bridgehead atoms. The van der Waals surface area contributed by atoms with Gasteiger partial charge in [0.15, 0.2) is 0 Å². The summed E-state index contributed by atoms with van der Waals surface area (Å²) in [4.78, 5) is 0. The average molecular weight is 283 g/mol. The van der Waals surface area contributed by atoms with Crippen LogP contribution < -0.4 is 5.32 Å². The van der Waals surface area contributed by atoms with E-state index in [1.54, 1.807) is 29.9 Å². The van der Waals surface area contributed by atoms with Gasteiger partial charge in [-0.1, -0.05) is 35.9 Å². The highest BCUT2D eigenvalue weighted by Gasteiger charge is 2.18. The van der Waals surface area contributed by atoms with E-state index in [9.17, 15) is 4.39 Å². The van der Waals surface area contributed by atoms with Gasteiger partial charge in [0.25, 0.3) is 0 Å². The zero-order chi connectivity index (χ0) is 13.8. The zero-order valence-electron chi connectivity index (χ0n) is 10.9. The Bertz CT molecular complexity index is 555. The lowest BCUT2D eigenvalue weighted by Crippen LogP contribution is -2.24. The lowest BCUT2D eigenvalue weighted by molar-refractivity contribution is 0.506. The number of aromatic nitrogens is 3. The topological polar surface area (TPSA) is 42.7 Å². The second-order valence-corrected chi connectivity index (χ2v) is 4.75. The van der Waals surface area contributed by atoms with Crippen molar-refractivity contribution in [2.24, 2.45) is 7.05 Å². The predicted molar refractivity (Wildman–Crippen MR) is 72.5 cm³/mol. The molecule has 4 nitrogen and oxygen atoms in total. The van der Waals surface area contributed by atoms with Gasteiger partial charge in [0.05, 0.1) is 10.7 Å². The molecule has 19 heavy (non-hydrogen) atoms. The summed E-state index contributed by atoms with van der Waals surface area (Å²) in [7, 11) is 1.80. The van der Waals surface area contributed by atoms with Gasteiger partial charge in [0.1, 0.15) is 5.82 Å². The van der Waals surface area contributed by atoms with E-state index >= 15 is 0 Å². The Kier molecular flexibility index (Phi) is 4.50. The molecule has 0 aliphatic rings. The Hall–Kier alpha value is -1.46. The van der Waals surface area contributed by atoms with Crippen LogP contribution in [-0.4, -0.2) is 21.5 Å². The maximum atomic E-state index is 14.1. The number of hydrogen-bond donors (Lipinski definition) is 1. The van der Waals surface area contributed by atoms with Crippen molar-refractivity contribution >= 4 is 11.6 Å². The fraction of sp³-hybridized carbons (Fsp3) is 0.385. The van der Waals surface area contributed by atoms with E-state index in [2.05, 4.69) is 15.6 Å². The molecule has 2 rings (SSSR count). The summed E-state index contributed by atoms with van der Waals surface area (Å²) in [5.74, 6) is -0.376. The van der Waals surface area contributed by atoms with Gasteiger partial charge in [-0.25, -0.2) is 4.39 Å². The number of nitrogens with one attached hydrogen (secondary N) is 1. The standard InChI is InChI=1S/C13H16ClFN4/c1-3-16-12(7-9-8-19(2)18-17-9)10-5-4-6-11(14)13(10)15/h4-6,8,12,16H,3,7H2,1-2H3. The number of halogens is 2. The fourth-order valence-corrected chi connectivity index (χ4v) is 2.21. The van der Waals surface area contributed by atoms with Crippen molar-refractivity contribution < 1.29 is 4.39 Å². The second kappa shape index (κ2) is 6.12. The van der Waals surface area contributed by atoms with Crippen LogP contribution in [0.2, 0.25) is 5.02 Å². The van der Waals surface area contributed by atoms with Crippen molar-refractivity contribution in [3.8, 4) is 0 Å². The molecule has 2 aromatic rings. The van der Waals surface area contributed by atoms with E-state index in [4.69, 9.17) is 11.6 Å². The molecule has 0 aliphatic heterocycles. The summed E-state index contributed by atoms with van der Waals surface area (Å²) in [5, 5.41) is 11.3. The normalized spacial score (nSPS) is 12.6. The summed E-state index contributed by atoms with van der Waals surface area (Å²) in [6, 6.07) is 4.87. The van der Waals surface area contributed by atoms with Crippen molar-refractivity contribution in [2.45, 2.75) is 19.4 Å². The maximum Gasteiger partial charge on any atom is 0.146 e. The van der Waals surface area contributed by atoms with E-state index in [0.29, 0.717) is 12.0 Å². The van der Waals surface area contributed by atoms with E-state index in [-0.39, 0.29) is 16.9 Å². The highest BCUT2D eigenvalue weighted by Crippen LogP contribution is 2.25. The molecule has 0 aliphatic carbocycles. The molecule has 0 saturated carbocycles. The maximum absolute atomic E-state index is 14.1. The van der Waals surface area contributed by atoms with Gasteiger partial charge in [0, 0.05) is 31.3 Å². The summed E-state index contributed by atoms with van der Waals surface area (Å²) in [5.41, 5.74) is 1.37. The molecule has 0 radical (unpaired) electrons. The largest absolute Gasteiger partial charge is 0.310 e. The molecule has 1 heterocycles. The number of aryl methyl sites for hydroxylation is 1. The van der Waals surface area contributed by atoms with Crippen LogP contribution in [0.4, 0.5) is 4.39 Å². The Balaban J connectivity index is 2.26. The van der Waals surface area contributed by atoms with Crippen LogP contribution in [0.3, 0.4) is 0 Å². The van der Waals surface area contributed by atoms with E-state index in [0.717, 1.165) is 12.2 Å². The van der Waals surface area contributed by atoms with Crippen molar-refractivity contribution in [1.29, 1.82) is 0 Å². The molecular formula is C13H16ClFN4. The van der Waals surface area contributed by atoms with Crippen LogP contribution in [0, 0.1) is 5.82 Å². The molecule has 0 fully saturated rings. The number of hydrogen-bond acceptors (Lipinski definition) is 3. The molecule has 1 N–H and O–H groups in total. The SMILES string of the molecule is CCNC(Cc1cn(C)nn1)c1cccc(Cl)c1F. The number of nitrogens with zero attached hydrogens (tertiary/aromatic N) is 3. The third-order valence-corrected chi connectivity index (χ3v) is 3.16. The van der Waals surface area contributed by atoms with Crippen LogP contribution in [0.25, 0.3) is 0 Å². The number of rotatable bonds is 5. The van der Waals surface area contributed by atoms with Gasteiger partial charge in [-0.05, 0) is 12.6 Å². The minimum atomic E-state index is -0.376. The molecule has 0 saturated heterocycles. The third kappa shape index (κ3) is 3.30. The van der Waals surface area contributed by atoms with Gasteiger partial charge in [-0.15, -0.1) is 5.10 Å². The van der Waals surface area contributed by atoms with Crippen LogP contribution in [0.15, 0.2) is 24.4 Å². The lowest BCUT2D eigenvalue weighted by atomic mass is 10.0. The summed E-state index contributed by atoms with van der Waals surface area (Å²) in [6.07, 6.45) is 2.39. The first-order valence-electron chi connectivity index (χ1n) is 6.14. The van der Waals surface area contributed by atoms with Crippen molar-refractivity contribution in [2.75, 3.05) is 6.54 Å². The quantitative estimate of drug-likeness (QED) is 0.916. The first-order chi connectivity index (χ1) is 9.11. The van der Waals surface area contributed by atoms with Crippen LogP contribution >= 0.6 is 11.6 Å². The summed E-state index contributed by atoms with van der Waals surface area (Å²) in [6.45, 7) is 2.71. The average Bonchev–Trinajstić information content (AvgIpc) is 2.78. The first-order valence-corrected chi connectivity index (χ1v) is 6.52. The van der Waals surface area contributed by atoms with E-state index < -0.39 is 0 Å². The Morgan fingerprint density at radius 1 is 1.47 bits per heavy atom. The van der Waals surface area contributed by atoms with E-state index in [1.807, 2.05) is 13.1 Å². The van der Waals surface area contributed by atoms with Crippen molar-refractivity contribution in [3.05, 3.63) is 46.5 Å². The van der Waals surface area contributed by atoms with Gasteiger partial charge in [-0.2, -0.15) is 0 Å².